The van der Waals surface area contributed by atoms with Crippen LogP contribution >= 0.6 is 0 Å². The Balaban J connectivity index is 1.45. The van der Waals surface area contributed by atoms with Gasteiger partial charge in [-0.1, -0.05) is 6.07 Å². The van der Waals surface area contributed by atoms with Crippen LogP contribution in [0, 0.1) is 36.8 Å². The molecule has 0 atom stereocenters. The van der Waals surface area contributed by atoms with Crippen molar-refractivity contribution in [3.8, 4) is 6.07 Å². The summed E-state index contributed by atoms with van der Waals surface area (Å²) in [5, 5.41) is 11.9. The highest BCUT2D eigenvalue weighted by atomic mass is 19.1. The summed E-state index contributed by atoms with van der Waals surface area (Å²) < 4.78 is 28.0. The summed E-state index contributed by atoms with van der Waals surface area (Å²) in [5.74, 6) is -1.67. The number of pyridine rings is 1. The van der Waals surface area contributed by atoms with Gasteiger partial charge in [-0.3, -0.25) is 9.59 Å². The van der Waals surface area contributed by atoms with Crippen molar-refractivity contribution in [3.63, 3.8) is 0 Å². The third-order valence-electron chi connectivity index (χ3n) is 6.47. The lowest BCUT2D eigenvalue weighted by atomic mass is 9.89. The van der Waals surface area contributed by atoms with Crippen LogP contribution in [0.15, 0.2) is 36.5 Å². The number of aromatic nitrogens is 3. The predicted octanol–water partition coefficient (Wildman–Crippen LogP) is 3.52. The molecule has 2 amide bonds. The molecule has 2 aromatic heterocycles. The number of likely N-dealkylation sites (tertiary alicyclic amines) is 1. The van der Waals surface area contributed by atoms with E-state index >= 15 is 0 Å². The van der Waals surface area contributed by atoms with E-state index in [0.717, 1.165) is 17.7 Å². The van der Waals surface area contributed by atoms with E-state index in [9.17, 15) is 18.4 Å². The number of nitrogens with zero attached hydrogens (tertiary/aromatic N) is 5. The molecule has 0 bridgehead atoms. The zero-order chi connectivity index (χ0) is 26.5. The van der Waals surface area contributed by atoms with E-state index in [1.165, 1.54) is 12.3 Å². The molecule has 0 radical (unpaired) electrons. The van der Waals surface area contributed by atoms with Crippen molar-refractivity contribution in [2.75, 3.05) is 13.1 Å². The van der Waals surface area contributed by atoms with Crippen LogP contribution in [-0.4, -0.2) is 44.8 Å². The normalized spacial score (nSPS) is 13.8. The molecule has 0 spiro atoms. The summed E-state index contributed by atoms with van der Waals surface area (Å²) in [7, 11) is 0. The minimum absolute atomic E-state index is 0.0819. The molecule has 3 heterocycles. The number of amides is 2. The van der Waals surface area contributed by atoms with Crippen molar-refractivity contribution < 1.29 is 18.4 Å². The van der Waals surface area contributed by atoms with Crippen LogP contribution in [0.5, 0.6) is 0 Å². The van der Waals surface area contributed by atoms with Crippen molar-refractivity contribution in [3.05, 3.63) is 87.8 Å². The van der Waals surface area contributed by atoms with Crippen molar-refractivity contribution in [1.29, 1.82) is 5.26 Å². The molecule has 3 aromatic rings. The molecule has 10 heteroatoms. The van der Waals surface area contributed by atoms with Crippen LogP contribution in [0.4, 0.5) is 8.78 Å². The third-order valence-corrected chi connectivity index (χ3v) is 6.47. The Morgan fingerprint density at radius 2 is 1.84 bits per heavy atom. The van der Waals surface area contributed by atoms with Gasteiger partial charge in [0.25, 0.3) is 5.91 Å². The van der Waals surface area contributed by atoms with E-state index in [4.69, 9.17) is 5.26 Å². The van der Waals surface area contributed by atoms with Gasteiger partial charge in [-0.15, -0.1) is 0 Å². The quantitative estimate of drug-likeness (QED) is 0.550. The molecule has 0 unspecified atom stereocenters. The van der Waals surface area contributed by atoms with E-state index in [1.807, 2.05) is 6.07 Å². The topological polar surface area (TPSA) is 112 Å². The van der Waals surface area contributed by atoms with Gasteiger partial charge >= 0.3 is 0 Å². The van der Waals surface area contributed by atoms with Gasteiger partial charge in [0.1, 0.15) is 29.2 Å². The average molecular weight is 505 g/mol. The van der Waals surface area contributed by atoms with Gasteiger partial charge < -0.3 is 10.2 Å². The first-order chi connectivity index (χ1) is 17.8. The Bertz CT molecular complexity index is 1360. The Morgan fingerprint density at radius 1 is 1.14 bits per heavy atom. The number of piperidine rings is 1. The monoisotopic (exact) mass is 504 g/mol. The maximum absolute atomic E-state index is 14.0. The number of aryl methyl sites for hydroxylation is 2. The maximum Gasteiger partial charge on any atom is 0.255 e. The highest BCUT2D eigenvalue weighted by Gasteiger charge is 2.30. The number of carbonyl (C=O) groups is 2. The second kappa shape index (κ2) is 11.2. The number of hydrogen-bond acceptors (Lipinski definition) is 6. The molecule has 190 valence electrons. The summed E-state index contributed by atoms with van der Waals surface area (Å²) in [6.45, 7) is 4.50. The second-order valence-electron chi connectivity index (χ2n) is 8.99. The van der Waals surface area contributed by atoms with Gasteiger partial charge in [-0.05, 0) is 56.5 Å². The zero-order valence-electron chi connectivity index (χ0n) is 20.6. The Hall–Kier alpha value is -4.26. The molecule has 1 N–H and O–H groups in total. The molecule has 37 heavy (non-hydrogen) atoms. The molecule has 1 aliphatic rings. The summed E-state index contributed by atoms with van der Waals surface area (Å²) in [5.41, 5.74) is 2.36. The molecule has 8 nitrogen and oxygen atoms in total. The van der Waals surface area contributed by atoms with Crippen molar-refractivity contribution in [1.82, 2.24) is 25.2 Å². The number of carbonyl (C=O) groups excluding carboxylic acids is 2. The SMILES string of the molecule is Cc1nc(C)c(C(=O)NCc2ccnc(C#N)c2)c(C2CCN(C(=O)Cc3c(F)cccc3F)CC2)n1. The Labute approximate surface area is 213 Å². The van der Waals surface area contributed by atoms with E-state index in [0.29, 0.717) is 48.7 Å². The molecule has 0 saturated carbocycles. The number of nitriles is 1. The summed E-state index contributed by atoms with van der Waals surface area (Å²) in [6.07, 6.45) is 2.28. The van der Waals surface area contributed by atoms with Crippen LogP contribution in [-0.2, 0) is 17.8 Å². The lowest BCUT2D eigenvalue weighted by Gasteiger charge is -2.32. The van der Waals surface area contributed by atoms with Gasteiger partial charge in [-0.25, -0.2) is 23.7 Å². The smallest absolute Gasteiger partial charge is 0.255 e. The van der Waals surface area contributed by atoms with Gasteiger partial charge in [0, 0.05) is 37.3 Å². The van der Waals surface area contributed by atoms with E-state index in [2.05, 4.69) is 20.3 Å². The number of rotatable bonds is 6. The largest absolute Gasteiger partial charge is 0.348 e. The Morgan fingerprint density at radius 3 is 2.51 bits per heavy atom. The molecule has 4 rings (SSSR count). The lowest BCUT2D eigenvalue weighted by Crippen LogP contribution is -2.39. The van der Waals surface area contributed by atoms with Crippen LogP contribution in [0.1, 0.15) is 63.2 Å². The number of benzene rings is 1. The fourth-order valence-electron chi connectivity index (χ4n) is 4.60. The van der Waals surface area contributed by atoms with Gasteiger partial charge in [0.2, 0.25) is 5.91 Å². The van der Waals surface area contributed by atoms with E-state index in [1.54, 1.807) is 30.9 Å². The lowest BCUT2D eigenvalue weighted by molar-refractivity contribution is -0.131. The highest BCUT2D eigenvalue weighted by Crippen LogP contribution is 2.31. The van der Waals surface area contributed by atoms with Crippen molar-refractivity contribution in [2.45, 2.75) is 45.6 Å². The molecule has 0 aliphatic carbocycles. The fraction of sp³-hybridized carbons (Fsp3) is 0.333. The number of hydrogen-bond donors (Lipinski definition) is 1. The van der Waals surface area contributed by atoms with Gasteiger partial charge in [-0.2, -0.15) is 5.26 Å². The summed E-state index contributed by atoms with van der Waals surface area (Å²) in [6, 6.07) is 8.86. The first kappa shape index (κ1) is 25.8. The van der Waals surface area contributed by atoms with Crippen LogP contribution < -0.4 is 5.32 Å². The average Bonchev–Trinajstić information content (AvgIpc) is 2.89. The zero-order valence-corrected chi connectivity index (χ0v) is 20.6. The van der Waals surface area contributed by atoms with Gasteiger partial charge in [0.15, 0.2) is 0 Å². The number of nitrogens with one attached hydrogen (secondary N) is 1. The molecular formula is C27H26F2N6O2. The minimum Gasteiger partial charge on any atom is -0.348 e. The molecular weight excluding hydrogens is 478 g/mol. The van der Waals surface area contributed by atoms with Crippen molar-refractivity contribution in [2.24, 2.45) is 0 Å². The predicted molar refractivity (Wildman–Crippen MR) is 130 cm³/mol. The molecule has 1 aromatic carbocycles. The maximum atomic E-state index is 14.0. The van der Waals surface area contributed by atoms with E-state index in [-0.39, 0.29) is 42.0 Å². The molecule has 1 fully saturated rings. The van der Waals surface area contributed by atoms with Crippen molar-refractivity contribution >= 4 is 11.8 Å². The molecule has 1 aliphatic heterocycles. The summed E-state index contributed by atoms with van der Waals surface area (Å²) in [4.78, 5) is 40.4. The van der Waals surface area contributed by atoms with Crippen LogP contribution in [0.3, 0.4) is 0 Å². The highest BCUT2D eigenvalue weighted by molar-refractivity contribution is 5.96. The first-order valence-electron chi connectivity index (χ1n) is 12.0. The Kier molecular flexibility index (Phi) is 7.82. The van der Waals surface area contributed by atoms with Crippen LogP contribution in [0.25, 0.3) is 0 Å². The van der Waals surface area contributed by atoms with Crippen LogP contribution in [0.2, 0.25) is 0 Å². The third kappa shape index (κ3) is 5.94. The fourth-order valence-corrected chi connectivity index (χ4v) is 4.60. The first-order valence-corrected chi connectivity index (χ1v) is 12.0. The standard InChI is InChI=1S/C27H26F2N6O2/c1-16-25(27(37)32-15-18-6-9-31-20(12-18)14-30)26(34-17(2)33-16)19-7-10-35(11-8-19)24(36)13-21-22(28)4-3-5-23(21)29/h3-6,9,12,19H,7-8,10-11,13,15H2,1-2H3,(H,32,37). The number of halogens is 2. The van der Waals surface area contributed by atoms with E-state index < -0.39 is 11.6 Å². The molecule has 1 saturated heterocycles. The minimum atomic E-state index is -0.735. The van der Waals surface area contributed by atoms with Gasteiger partial charge in [0.05, 0.1) is 23.4 Å². The second-order valence-corrected chi connectivity index (χ2v) is 8.99. The summed E-state index contributed by atoms with van der Waals surface area (Å²) >= 11 is 0.